The van der Waals surface area contributed by atoms with Crippen molar-refractivity contribution in [2.75, 3.05) is 6.54 Å². The molecule has 0 amide bonds. The number of Topliss-reactive ketones (excluding diaryl/α,β-unsaturated/α-hetero) is 1. The van der Waals surface area contributed by atoms with Crippen molar-refractivity contribution < 1.29 is 14.7 Å². The summed E-state index contributed by atoms with van der Waals surface area (Å²) in [5.74, 6) is -0.902. The second-order valence-corrected chi connectivity index (χ2v) is 4.52. The minimum absolute atomic E-state index is 0.00235. The number of carboxylic acid groups (broad SMARTS) is 1. The number of carbonyl (C=O) groups is 2. The number of unbranched alkanes of at least 4 members (excludes halogenated alkanes) is 1. The fourth-order valence-electron chi connectivity index (χ4n) is 1.85. The van der Waals surface area contributed by atoms with Crippen LogP contribution in [0, 0.1) is 0 Å². The number of nitrogens with one attached hydrogen (secondary N) is 1. The van der Waals surface area contributed by atoms with E-state index in [1.54, 1.807) is 12.1 Å². The minimum atomic E-state index is -0.872. The predicted molar refractivity (Wildman–Crippen MR) is 74.3 cm³/mol. The minimum Gasteiger partial charge on any atom is -0.481 e. The number of benzene rings is 1. The van der Waals surface area contributed by atoms with Gasteiger partial charge in [-0.25, -0.2) is 0 Å². The van der Waals surface area contributed by atoms with Crippen LogP contribution in [0.2, 0.25) is 0 Å². The van der Waals surface area contributed by atoms with Crippen LogP contribution in [0.25, 0.3) is 0 Å². The van der Waals surface area contributed by atoms with Gasteiger partial charge in [0.1, 0.15) is 0 Å². The number of hydrogen-bond acceptors (Lipinski definition) is 3. The number of ketones is 1. The van der Waals surface area contributed by atoms with Crippen LogP contribution in [-0.4, -0.2) is 29.4 Å². The van der Waals surface area contributed by atoms with Crippen LogP contribution in [0.3, 0.4) is 0 Å². The van der Waals surface area contributed by atoms with E-state index in [9.17, 15) is 9.59 Å². The molecule has 1 unspecified atom stereocenters. The quantitative estimate of drug-likeness (QED) is 0.530. The number of rotatable bonds is 9. The van der Waals surface area contributed by atoms with Crippen LogP contribution < -0.4 is 5.32 Å². The van der Waals surface area contributed by atoms with Crippen LogP contribution in [-0.2, 0) is 4.79 Å². The van der Waals surface area contributed by atoms with Crippen molar-refractivity contribution in [3.8, 4) is 0 Å². The van der Waals surface area contributed by atoms with Crippen LogP contribution in [0.4, 0.5) is 0 Å². The summed E-state index contributed by atoms with van der Waals surface area (Å²) in [6.45, 7) is 2.81. The van der Waals surface area contributed by atoms with E-state index in [-0.39, 0.29) is 12.2 Å². The van der Waals surface area contributed by atoms with Gasteiger partial charge in [-0.05, 0) is 19.4 Å². The molecular formula is C15H21NO3. The highest BCUT2D eigenvalue weighted by atomic mass is 16.4. The Morgan fingerprint density at radius 2 is 1.95 bits per heavy atom. The van der Waals surface area contributed by atoms with Gasteiger partial charge in [-0.3, -0.25) is 9.59 Å². The molecule has 104 valence electrons. The van der Waals surface area contributed by atoms with E-state index in [4.69, 9.17) is 5.11 Å². The Morgan fingerprint density at radius 1 is 1.26 bits per heavy atom. The molecular weight excluding hydrogens is 242 g/mol. The molecule has 0 aliphatic rings. The molecule has 0 aromatic heterocycles. The number of carbonyl (C=O) groups excluding carboxylic acids is 1. The summed E-state index contributed by atoms with van der Waals surface area (Å²) in [5.41, 5.74) is 0.627. The number of hydrogen-bond donors (Lipinski definition) is 2. The monoisotopic (exact) mass is 263 g/mol. The topological polar surface area (TPSA) is 66.4 Å². The maximum atomic E-state index is 12.3. The van der Waals surface area contributed by atoms with E-state index >= 15 is 0 Å². The van der Waals surface area contributed by atoms with Crippen molar-refractivity contribution in [3.63, 3.8) is 0 Å². The molecule has 4 heteroatoms. The van der Waals surface area contributed by atoms with Gasteiger partial charge >= 0.3 is 5.97 Å². The molecule has 1 atom stereocenters. The maximum Gasteiger partial charge on any atom is 0.303 e. The van der Waals surface area contributed by atoms with E-state index in [2.05, 4.69) is 12.2 Å². The predicted octanol–water partition coefficient (Wildman–Crippen LogP) is 2.49. The Kier molecular flexibility index (Phi) is 6.82. The molecule has 0 saturated heterocycles. The smallest absolute Gasteiger partial charge is 0.303 e. The maximum absolute atomic E-state index is 12.3. The highest BCUT2D eigenvalue weighted by Gasteiger charge is 2.19. The Balaban J connectivity index is 2.65. The van der Waals surface area contributed by atoms with Gasteiger partial charge in [-0.2, -0.15) is 0 Å². The zero-order valence-electron chi connectivity index (χ0n) is 11.3. The summed E-state index contributed by atoms with van der Waals surface area (Å²) in [4.78, 5) is 22.9. The van der Waals surface area contributed by atoms with Crippen molar-refractivity contribution >= 4 is 11.8 Å². The first-order valence-corrected chi connectivity index (χ1v) is 6.69. The zero-order chi connectivity index (χ0) is 14.1. The molecule has 2 N–H and O–H groups in total. The summed E-state index contributed by atoms with van der Waals surface area (Å²) in [6.07, 6.45) is 2.35. The highest BCUT2D eigenvalue weighted by molar-refractivity contribution is 6.00. The van der Waals surface area contributed by atoms with Gasteiger partial charge in [0, 0.05) is 12.0 Å². The number of carboxylic acids is 1. The van der Waals surface area contributed by atoms with Crippen molar-refractivity contribution in [2.24, 2.45) is 0 Å². The van der Waals surface area contributed by atoms with Gasteiger partial charge in [0.2, 0.25) is 0 Å². The molecule has 4 nitrogen and oxygen atoms in total. The molecule has 0 aliphatic carbocycles. The van der Waals surface area contributed by atoms with Gasteiger partial charge in [0.25, 0.3) is 0 Å². The Bertz CT molecular complexity index is 403. The van der Waals surface area contributed by atoms with E-state index in [0.717, 1.165) is 19.4 Å². The lowest BCUT2D eigenvalue weighted by atomic mass is 10.00. The van der Waals surface area contributed by atoms with E-state index in [1.165, 1.54) is 0 Å². The summed E-state index contributed by atoms with van der Waals surface area (Å²) >= 11 is 0. The van der Waals surface area contributed by atoms with Crippen LogP contribution in [0.15, 0.2) is 30.3 Å². The molecule has 0 spiro atoms. The van der Waals surface area contributed by atoms with Gasteiger partial charge in [0.15, 0.2) is 5.78 Å². The van der Waals surface area contributed by atoms with Gasteiger partial charge < -0.3 is 10.4 Å². The molecule has 1 aromatic rings. The molecule has 0 radical (unpaired) electrons. The third-order valence-corrected chi connectivity index (χ3v) is 2.94. The first-order chi connectivity index (χ1) is 9.15. The summed E-state index contributed by atoms with van der Waals surface area (Å²) in [5, 5.41) is 11.9. The van der Waals surface area contributed by atoms with E-state index in [1.807, 2.05) is 18.2 Å². The lowest BCUT2D eigenvalue weighted by molar-refractivity contribution is -0.137. The van der Waals surface area contributed by atoms with Gasteiger partial charge in [-0.1, -0.05) is 43.7 Å². The van der Waals surface area contributed by atoms with Crippen molar-refractivity contribution in [1.29, 1.82) is 0 Å². The molecule has 1 aromatic carbocycles. The van der Waals surface area contributed by atoms with E-state index < -0.39 is 12.0 Å². The average molecular weight is 263 g/mol. The first kappa shape index (κ1) is 15.4. The van der Waals surface area contributed by atoms with Crippen LogP contribution >= 0.6 is 0 Å². The molecule has 0 heterocycles. The lowest BCUT2D eigenvalue weighted by Gasteiger charge is -2.16. The summed E-state index contributed by atoms with van der Waals surface area (Å²) < 4.78 is 0. The number of aliphatic carboxylic acids is 1. The standard InChI is InChI=1S/C15H21NO3/c1-2-3-11-16-13(9-10-14(17)18)15(19)12-7-5-4-6-8-12/h4-8,13,16H,2-3,9-11H2,1H3,(H,17,18). The second-order valence-electron chi connectivity index (χ2n) is 4.52. The van der Waals surface area contributed by atoms with Gasteiger partial charge in [0.05, 0.1) is 6.04 Å². The van der Waals surface area contributed by atoms with Crippen LogP contribution in [0.5, 0.6) is 0 Å². The molecule has 19 heavy (non-hydrogen) atoms. The van der Waals surface area contributed by atoms with Crippen molar-refractivity contribution in [2.45, 2.75) is 38.6 Å². The highest BCUT2D eigenvalue weighted by Crippen LogP contribution is 2.08. The van der Waals surface area contributed by atoms with Gasteiger partial charge in [-0.15, -0.1) is 0 Å². The molecule has 0 fully saturated rings. The first-order valence-electron chi connectivity index (χ1n) is 6.69. The Hall–Kier alpha value is -1.68. The van der Waals surface area contributed by atoms with Crippen molar-refractivity contribution in [1.82, 2.24) is 5.32 Å². The Morgan fingerprint density at radius 3 is 2.53 bits per heavy atom. The molecule has 0 saturated carbocycles. The fraction of sp³-hybridized carbons (Fsp3) is 0.467. The third-order valence-electron chi connectivity index (χ3n) is 2.94. The fourth-order valence-corrected chi connectivity index (χ4v) is 1.85. The summed E-state index contributed by atoms with van der Waals surface area (Å²) in [7, 11) is 0. The lowest BCUT2D eigenvalue weighted by Crippen LogP contribution is -2.37. The van der Waals surface area contributed by atoms with Crippen molar-refractivity contribution in [3.05, 3.63) is 35.9 Å². The summed E-state index contributed by atoms with van der Waals surface area (Å²) in [6, 6.07) is 8.59. The molecule has 1 rings (SSSR count). The zero-order valence-corrected chi connectivity index (χ0v) is 11.3. The molecule has 0 bridgehead atoms. The third kappa shape index (κ3) is 5.66. The second kappa shape index (κ2) is 8.43. The Labute approximate surface area is 113 Å². The largest absolute Gasteiger partial charge is 0.481 e. The molecule has 0 aliphatic heterocycles. The normalized spacial score (nSPS) is 12.1. The SMILES string of the molecule is CCCCNC(CCC(=O)O)C(=O)c1ccccc1. The average Bonchev–Trinajstić information content (AvgIpc) is 2.42. The van der Waals surface area contributed by atoms with Crippen LogP contribution in [0.1, 0.15) is 43.0 Å². The van der Waals surface area contributed by atoms with E-state index in [0.29, 0.717) is 12.0 Å².